The summed E-state index contributed by atoms with van der Waals surface area (Å²) < 4.78 is 5.58. The number of carbonyl (C=O) groups excluding carboxylic acids is 1. The second kappa shape index (κ2) is 5.78. The number of anilines is 1. The highest BCUT2D eigenvalue weighted by Gasteiger charge is 2.23. The maximum Gasteiger partial charge on any atom is 0.272 e. The van der Waals surface area contributed by atoms with E-state index in [4.69, 9.17) is 4.74 Å². The highest BCUT2D eigenvalue weighted by atomic mass is 16.5. The number of fused-ring (bicyclic) bond motifs is 1. The van der Waals surface area contributed by atoms with Gasteiger partial charge in [-0.15, -0.1) is 10.2 Å². The molecular weight excluding hydrogens is 268 g/mol. The van der Waals surface area contributed by atoms with Crippen molar-refractivity contribution in [2.45, 2.75) is 12.5 Å². The largest absolute Gasteiger partial charge is 0.493 e. The molecule has 21 heavy (non-hydrogen) atoms. The zero-order valence-corrected chi connectivity index (χ0v) is 11.7. The fourth-order valence-electron chi connectivity index (χ4n) is 2.31. The molecule has 6 nitrogen and oxygen atoms in total. The predicted molar refractivity (Wildman–Crippen MR) is 78.3 cm³/mol. The van der Waals surface area contributed by atoms with Crippen molar-refractivity contribution in [3.8, 4) is 5.75 Å². The van der Waals surface area contributed by atoms with E-state index >= 15 is 0 Å². The molecule has 1 aromatic heterocycles. The molecule has 2 N–H and O–H groups in total. The van der Waals surface area contributed by atoms with Crippen LogP contribution in [0.15, 0.2) is 36.4 Å². The molecule has 0 bridgehead atoms. The van der Waals surface area contributed by atoms with E-state index in [2.05, 4.69) is 20.8 Å². The van der Waals surface area contributed by atoms with Crippen LogP contribution in [0.2, 0.25) is 0 Å². The van der Waals surface area contributed by atoms with Crippen molar-refractivity contribution in [2.24, 2.45) is 0 Å². The summed E-state index contributed by atoms with van der Waals surface area (Å²) in [6, 6.07) is 11.1. The smallest absolute Gasteiger partial charge is 0.272 e. The summed E-state index contributed by atoms with van der Waals surface area (Å²) in [4.78, 5) is 12.2. The third kappa shape index (κ3) is 2.79. The van der Waals surface area contributed by atoms with Gasteiger partial charge in [-0.2, -0.15) is 0 Å². The minimum atomic E-state index is -0.230. The van der Waals surface area contributed by atoms with E-state index in [1.807, 2.05) is 24.3 Å². The van der Waals surface area contributed by atoms with Gasteiger partial charge >= 0.3 is 0 Å². The van der Waals surface area contributed by atoms with Crippen LogP contribution in [0.3, 0.4) is 0 Å². The van der Waals surface area contributed by atoms with Crippen LogP contribution in [-0.4, -0.2) is 29.8 Å². The average molecular weight is 284 g/mol. The Bertz CT molecular complexity index is 642. The van der Waals surface area contributed by atoms with Gasteiger partial charge in [0.2, 0.25) is 0 Å². The summed E-state index contributed by atoms with van der Waals surface area (Å²) in [6.45, 7) is 0.590. The zero-order valence-electron chi connectivity index (χ0n) is 11.7. The van der Waals surface area contributed by atoms with Gasteiger partial charge in [-0.1, -0.05) is 18.2 Å². The fourth-order valence-corrected chi connectivity index (χ4v) is 2.31. The van der Waals surface area contributed by atoms with Crippen molar-refractivity contribution in [1.29, 1.82) is 0 Å². The van der Waals surface area contributed by atoms with E-state index in [0.29, 0.717) is 18.1 Å². The monoisotopic (exact) mass is 284 g/mol. The Kier molecular flexibility index (Phi) is 3.68. The first kappa shape index (κ1) is 13.4. The molecule has 1 unspecified atom stereocenters. The molecule has 1 atom stereocenters. The lowest BCUT2D eigenvalue weighted by molar-refractivity contribution is 0.0918. The molecule has 2 heterocycles. The second-order valence-corrected chi connectivity index (χ2v) is 4.75. The Morgan fingerprint density at radius 3 is 2.86 bits per heavy atom. The van der Waals surface area contributed by atoms with Crippen LogP contribution in [-0.2, 0) is 0 Å². The van der Waals surface area contributed by atoms with Crippen molar-refractivity contribution < 1.29 is 9.53 Å². The molecule has 1 aromatic carbocycles. The van der Waals surface area contributed by atoms with E-state index in [1.165, 1.54) is 0 Å². The molecule has 3 rings (SSSR count). The molecule has 1 aliphatic heterocycles. The molecule has 0 radical (unpaired) electrons. The van der Waals surface area contributed by atoms with Crippen LogP contribution in [0, 0.1) is 0 Å². The van der Waals surface area contributed by atoms with Crippen molar-refractivity contribution in [3.05, 3.63) is 47.7 Å². The first-order chi connectivity index (χ1) is 10.3. The maximum atomic E-state index is 12.2. The SMILES string of the molecule is CNc1ccc(C(=O)NC2CCOc3ccccc32)nn1. The van der Waals surface area contributed by atoms with Crippen molar-refractivity contribution >= 4 is 11.7 Å². The summed E-state index contributed by atoms with van der Waals surface area (Å²) in [5, 5.41) is 13.7. The lowest BCUT2D eigenvalue weighted by Gasteiger charge is -2.26. The van der Waals surface area contributed by atoms with Gasteiger partial charge in [0.25, 0.3) is 5.91 Å². The number of nitrogens with one attached hydrogen (secondary N) is 2. The topological polar surface area (TPSA) is 76.1 Å². The summed E-state index contributed by atoms with van der Waals surface area (Å²) >= 11 is 0. The predicted octanol–water partition coefficient (Wildman–Crippen LogP) is 1.77. The molecule has 1 amide bonds. The van der Waals surface area contributed by atoms with Crippen LogP contribution in [0.25, 0.3) is 0 Å². The highest BCUT2D eigenvalue weighted by molar-refractivity contribution is 5.92. The standard InChI is InChI=1S/C15H16N4O2/c1-16-14-7-6-12(18-19-14)15(20)17-11-8-9-21-13-5-3-2-4-10(11)13/h2-7,11H,8-9H2,1H3,(H,16,19)(H,17,20). The highest BCUT2D eigenvalue weighted by Crippen LogP contribution is 2.31. The van der Waals surface area contributed by atoms with Gasteiger partial charge in [0.1, 0.15) is 11.6 Å². The van der Waals surface area contributed by atoms with Gasteiger partial charge in [-0.05, 0) is 18.2 Å². The van der Waals surface area contributed by atoms with Crippen molar-refractivity contribution in [1.82, 2.24) is 15.5 Å². The molecule has 0 aliphatic carbocycles. The fraction of sp³-hybridized carbons (Fsp3) is 0.267. The minimum absolute atomic E-state index is 0.0618. The first-order valence-electron chi connectivity index (χ1n) is 6.82. The van der Waals surface area contributed by atoms with E-state index in [-0.39, 0.29) is 11.9 Å². The molecule has 0 fully saturated rings. The zero-order chi connectivity index (χ0) is 14.7. The van der Waals surface area contributed by atoms with Crippen LogP contribution in [0.5, 0.6) is 5.75 Å². The van der Waals surface area contributed by atoms with Gasteiger partial charge in [0, 0.05) is 19.0 Å². The number of rotatable bonds is 3. The van der Waals surface area contributed by atoms with Gasteiger partial charge in [-0.3, -0.25) is 4.79 Å². The lowest BCUT2D eigenvalue weighted by Crippen LogP contribution is -2.32. The number of ether oxygens (including phenoxy) is 1. The van der Waals surface area contributed by atoms with Crippen LogP contribution >= 0.6 is 0 Å². The normalized spacial score (nSPS) is 16.5. The summed E-state index contributed by atoms with van der Waals surface area (Å²) in [5.41, 5.74) is 1.30. The van der Waals surface area contributed by atoms with Crippen LogP contribution < -0.4 is 15.4 Å². The van der Waals surface area contributed by atoms with E-state index < -0.39 is 0 Å². The summed E-state index contributed by atoms with van der Waals surface area (Å²) in [5.74, 6) is 1.22. The number of hydrogen-bond donors (Lipinski definition) is 2. The second-order valence-electron chi connectivity index (χ2n) is 4.75. The number of para-hydroxylation sites is 1. The number of benzene rings is 1. The van der Waals surface area contributed by atoms with E-state index in [0.717, 1.165) is 17.7 Å². The molecule has 0 spiro atoms. The molecule has 108 valence electrons. The average Bonchev–Trinajstić information content (AvgIpc) is 2.55. The Hall–Kier alpha value is -2.63. The summed E-state index contributed by atoms with van der Waals surface area (Å²) in [6.07, 6.45) is 0.741. The van der Waals surface area contributed by atoms with Gasteiger partial charge in [0.05, 0.1) is 12.6 Å². The number of aromatic nitrogens is 2. The molecule has 0 saturated carbocycles. The van der Waals surface area contributed by atoms with Gasteiger partial charge < -0.3 is 15.4 Å². The molecule has 1 aliphatic rings. The quantitative estimate of drug-likeness (QED) is 0.898. The molecule has 0 saturated heterocycles. The minimum Gasteiger partial charge on any atom is -0.493 e. The first-order valence-corrected chi connectivity index (χ1v) is 6.82. The van der Waals surface area contributed by atoms with E-state index in [1.54, 1.807) is 19.2 Å². The Morgan fingerprint density at radius 2 is 2.10 bits per heavy atom. The van der Waals surface area contributed by atoms with E-state index in [9.17, 15) is 4.79 Å². The summed E-state index contributed by atoms with van der Waals surface area (Å²) in [7, 11) is 1.75. The lowest BCUT2D eigenvalue weighted by atomic mass is 10.0. The van der Waals surface area contributed by atoms with Crippen molar-refractivity contribution in [3.63, 3.8) is 0 Å². The van der Waals surface area contributed by atoms with Crippen molar-refractivity contribution in [2.75, 3.05) is 19.0 Å². The Balaban J connectivity index is 1.76. The van der Waals surface area contributed by atoms with Gasteiger partial charge in [0.15, 0.2) is 5.69 Å². The third-order valence-corrected chi connectivity index (χ3v) is 3.42. The van der Waals surface area contributed by atoms with Crippen LogP contribution in [0.1, 0.15) is 28.5 Å². The molecular formula is C15H16N4O2. The Morgan fingerprint density at radius 1 is 1.24 bits per heavy atom. The number of amides is 1. The number of carbonyl (C=O) groups is 1. The number of hydrogen-bond acceptors (Lipinski definition) is 5. The Labute approximate surface area is 122 Å². The molecule has 2 aromatic rings. The third-order valence-electron chi connectivity index (χ3n) is 3.42. The van der Waals surface area contributed by atoms with Crippen LogP contribution in [0.4, 0.5) is 5.82 Å². The molecule has 6 heteroatoms. The number of nitrogens with zero attached hydrogens (tertiary/aromatic N) is 2. The van der Waals surface area contributed by atoms with Gasteiger partial charge in [-0.25, -0.2) is 0 Å². The maximum absolute atomic E-state index is 12.2.